The lowest BCUT2D eigenvalue weighted by Crippen LogP contribution is -2.41. The number of hydrogen-bond acceptors (Lipinski definition) is 3. The molecule has 0 bridgehead atoms. The van der Waals surface area contributed by atoms with E-state index in [1.54, 1.807) is 12.1 Å². The maximum Gasteiger partial charge on any atom is 0.338 e. The summed E-state index contributed by atoms with van der Waals surface area (Å²) in [5.74, 6) is -0.218. The Balaban J connectivity index is 2.02. The van der Waals surface area contributed by atoms with Crippen LogP contribution >= 0.6 is 0 Å². The van der Waals surface area contributed by atoms with Gasteiger partial charge in [0.1, 0.15) is 6.10 Å². The Labute approximate surface area is 121 Å². The van der Waals surface area contributed by atoms with E-state index in [4.69, 9.17) is 4.74 Å². The summed E-state index contributed by atoms with van der Waals surface area (Å²) < 4.78 is 5.78. The molecule has 2 rings (SSSR count). The fourth-order valence-corrected chi connectivity index (χ4v) is 2.46. The molecular weight excluding hydrogens is 250 g/mol. The molecule has 0 radical (unpaired) electrons. The fraction of sp³-hybridized carbons (Fsp3) is 0.588. The van der Waals surface area contributed by atoms with E-state index in [1.165, 1.54) is 12.8 Å². The lowest BCUT2D eigenvalue weighted by Gasteiger charge is -2.33. The van der Waals surface area contributed by atoms with Crippen LogP contribution in [0, 0.1) is 5.41 Å². The summed E-state index contributed by atoms with van der Waals surface area (Å²) >= 11 is 0. The van der Waals surface area contributed by atoms with E-state index in [0.29, 0.717) is 5.56 Å². The average molecular weight is 275 g/mol. The summed E-state index contributed by atoms with van der Waals surface area (Å²) in [5, 5.41) is 0. The Hall–Kier alpha value is -1.35. The van der Waals surface area contributed by atoms with Gasteiger partial charge in [0.05, 0.1) is 5.56 Å². The molecule has 3 heteroatoms. The van der Waals surface area contributed by atoms with Gasteiger partial charge in [-0.05, 0) is 38.1 Å². The molecule has 0 N–H and O–H groups in total. The van der Waals surface area contributed by atoms with E-state index in [-0.39, 0.29) is 17.5 Å². The van der Waals surface area contributed by atoms with Crippen LogP contribution in [-0.2, 0) is 4.74 Å². The second kappa shape index (κ2) is 6.40. The van der Waals surface area contributed by atoms with Gasteiger partial charge >= 0.3 is 5.97 Å². The first-order valence-electron chi connectivity index (χ1n) is 7.45. The van der Waals surface area contributed by atoms with Crippen LogP contribution in [0.4, 0.5) is 0 Å². The van der Waals surface area contributed by atoms with Crippen LogP contribution in [0.25, 0.3) is 0 Å². The minimum Gasteiger partial charge on any atom is -0.457 e. The second-order valence-corrected chi connectivity index (χ2v) is 6.63. The van der Waals surface area contributed by atoms with Crippen LogP contribution in [0.15, 0.2) is 30.3 Å². The Morgan fingerprint density at radius 3 is 2.35 bits per heavy atom. The van der Waals surface area contributed by atoms with Gasteiger partial charge in [0.25, 0.3) is 0 Å². The number of nitrogens with zero attached hydrogens (tertiary/aromatic N) is 1. The van der Waals surface area contributed by atoms with Crippen molar-refractivity contribution in [1.29, 1.82) is 0 Å². The van der Waals surface area contributed by atoms with Gasteiger partial charge in [0, 0.05) is 12.0 Å². The molecule has 1 unspecified atom stereocenters. The molecule has 1 aromatic rings. The van der Waals surface area contributed by atoms with Gasteiger partial charge in [0.2, 0.25) is 0 Å². The monoisotopic (exact) mass is 275 g/mol. The Morgan fingerprint density at radius 2 is 1.80 bits per heavy atom. The molecule has 0 amide bonds. The zero-order chi connectivity index (χ0) is 14.6. The molecule has 1 heterocycles. The summed E-state index contributed by atoms with van der Waals surface area (Å²) in [4.78, 5) is 14.6. The number of rotatable bonds is 4. The van der Waals surface area contributed by atoms with Crippen LogP contribution in [0.2, 0.25) is 0 Å². The highest BCUT2D eigenvalue weighted by Gasteiger charge is 2.31. The molecule has 0 aliphatic carbocycles. The molecular formula is C17H25NO2. The van der Waals surface area contributed by atoms with Crippen molar-refractivity contribution in [3.05, 3.63) is 35.9 Å². The number of benzene rings is 1. The summed E-state index contributed by atoms with van der Waals surface area (Å²) in [5.41, 5.74) is 0.579. The van der Waals surface area contributed by atoms with Crippen LogP contribution in [0.5, 0.6) is 0 Å². The van der Waals surface area contributed by atoms with Crippen molar-refractivity contribution in [3.63, 3.8) is 0 Å². The molecule has 20 heavy (non-hydrogen) atoms. The Kier molecular flexibility index (Phi) is 4.81. The highest BCUT2D eigenvalue weighted by molar-refractivity contribution is 5.89. The third-order valence-corrected chi connectivity index (χ3v) is 3.85. The zero-order valence-electron chi connectivity index (χ0n) is 12.8. The van der Waals surface area contributed by atoms with Gasteiger partial charge in [0.15, 0.2) is 0 Å². The van der Waals surface area contributed by atoms with Crippen molar-refractivity contribution in [2.45, 2.75) is 39.7 Å². The molecule has 1 atom stereocenters. The fourth-order valence-electron chi connectivity index (χ4n) is 2.46. The molecule has 110 valence electrons. The molecule has 1 aliphatic heterocycles. The number of ether oxygens (including phenoxy) is 1. The number of hydrogen-bond donors (Lipinski definition) is 0. The molecule has 0 saturated carbocycles. The zero-order valence-corrected chi connectivity index (χ0v) is 12.8. The summed E-state index contributed by atoms with van der Waals surface area (Å²) in [7, 11) is 0. The van der Waals surface area contributed by atoms with Gasteiger partial charge < -0.3 is 4.74 Å². The number of carbonyl (C=O) groups is 1. The summed E-state index contributed by atoms with van der Waals surface area (Å²) in [6.07, 6.45) is 2.43. The normalized spacial score (nSPS) is 17.9. The van der Waals surface area contributed by atoms with E-state index in [1.807, 2.05) is 18.2 Å². The van der Waals surface area contributed by atoms with E-state index < -0.39 is 0 Å². The molecule has 1 saturated heterocycles. The maximum atomic E-state index is 12.2. The summed E-state index contributed by atoms with van der Waals surface area (Å²) in [6.45, 7) is 9.47. The molecule has 0 aromatic heterocycles. The van der Waals surface area contributed by atoms with Crippen molar-refractivity contribution < 1.29 is 9.53 Å². The van der Waals surface area contributed by atoms with E-state index in [2.05, 4.69) is 25.7 Å². The lowest BCUT2D eigenvalue weighted by atomic mass is 9.88. The van der Waals surface area contributed by atoms with Gasteiger partial charge in [-0.1, -0.05) is 39.0 Å². The van der Waals surface area contributed by atoms with Gasteiger partial charge in [-0.15, -0.1) is 0 Å². The van der Waals surface area contributed by atoms with Gasteiger partial charge in [-0.2, -0.15) is 0 Å². The van der Waals surface area contributed by atoms with Crippen molar-refractivity contribution in [2.24, 2.45) is 5.41 Å². The molecule has 1 aromatic carbocycles. The first-order chi connectivity index (χ1) is 9.47. The number of carbonyl (C=O) groups excluding carboxylic acids is 1. The van der Waals surface area contributed by atoms with Crippen molar-refractivity contribution in [2.75, 3.05) is 19.6 Å². The van der Waals surface area contributed by atoms with Crippen molar-refractivity contribution >= 4 is 5.97 Å². The first-order valence-corrected chi connectivity index (χ1v) is 7.45. The molecule has 3 nitrogen and oxygen atoms in total. The van der Waals surface area contributed by atoms with Crippen LogP contribution in [0.1, 0.15) is 44.0 Å². The van der Waals surface area contributed by atoms with Crippen LogP contribution in [-0.4, -0.2) is 36.6 Å². The molecule has 1 fully saturated rings. The minimum absolute atomic E-state index is 0.0486. The number of esters is 1. The molecule has 1 aliphatic rings. The maximum absolute atomic E-state index is 12.2. The third-order valence-electron chi connectivity index (χ3n) is 3.85. The van der Waals surface area contributed by atoms with Crippen LogP contribution < -0.4 is 0 Å². The van der Waals surface area contributed by atoms with Crippen LogP contribution in [0.3, 0.4) is 0 Å². The largest absolute Gasteiger partial charge is 0.457 e. The van der Waals surface area contributed by atoms with E-state index in [0.717, 1.165) is 19.6 Å². The average Bonchev–Trinajstić information content (AvgIpc) is 2.91. The lowest BCUT2D eigenvalue weighted by molar-refractivity contribution is -0.0145. The van der Waals surface area contributed by atoms with E-state index in [9.17, 15) is 4.79 Å². The smallest absolute Gasteiger partial charge is 0.338 e. The standard InChI is InChI=1S/C17H25NO2/c1-17(2,3)15(13-18-11-7-8-12-18)20-16(19)14-9-5-4-6-10-14/h4-6,9-10,15H,7-8,11-13H2,1-3H3. The molecule has 0 spiro atoms. The predicted molar refractivity (Wildman–Crippen MR) is 80.8 cm³/mol. The topological polar surface area (TPSA) is 29.5 Å². The van der Waals surface area contributed by atoms with Crippen molar-refractivity contribution in [1.82, 2.24) is 4.90 Å². The highest BCUT2D eigenvalue weighted by Crippen LogP contribution is 2.25. The Morgan fingerprint density at radius 1 is 1.20 bits per heavy atom. The second-order valence-electron chi connectivity index (χ2n) is 6.63. The highest BCUT2D eigenvalue weighted by atomic mass is 16.5. The predicted octanol–water partition coefficient (Wildman–Crippen LogP) is 3.35. The summed E-state index contributed by atoms with van der Waals surface area (Å²) in [6, 6.07) is 9.24. The van der Waals surface area contributed by atoms with E-state index >= 15 is 0 Å². The first kappa shape index (κ1) is 15.0. The quantitative estimate of drug-likeness (QED) is 0.789. The third kappa shape index (κ3) is 4.07. The van der Waals surface area contributed by atoms with Gasteiger partial charge in [-0.25, -0.2) is 4.79 Å². The number of likely N-dealkylation sites (tertiary alicyclic amines) is 1. The van der Waals surface area contributed by atoms with Gasteiger partial charge in [-0.3, -0.25) is 4.90 Å². The van der Waals surface area contributed by atoms with Crippen molar-refractivity contribution in [3.8, 4) is 0 Å². The Bertz CT molecular complexity index is 430. The SMILES string of the molecule is CC(C)(C)C(CN1CCCC1)OC(=O)c1ccccc1. The minimum atomic E-state index is -0.218.